The zero-order valence-electron chi connectivity index (χ0n) is 9.32. The second-order valence-corrected chi connectivity index (χ2v) is 4.39. The summed E-state index contributed by atoms with van der Waals surface area (Å²) < 4.78 is 0. The van der Waals surface area contributed by atoms with Crippen molar-refractivity contribution in [3.05, 3.63) is 0 Å². The van der Waals surface area contributed by atoms with E-state index in [1.165, 1.54) is 44.6 Å². The first kappa shape index (κ1) is 12.7. The molecule has 16 heavy (non-hydrogen) atoms. The van der Waals surface area contributed by atoms with Gasteiger partial charge in [0.15, 0.2) is 0 Å². The first-order chi connectivity index (χ1) is 7.65. The molecule has 2 rings (SSSR count). The molecule has 0 aromatic heterocycles. The van der Waals surface area contributed by atoms with Gasteiger partial charge in [-0.1, -0.05) is 12.8 Å². The fraction of sp³-hybridized carbons (Fsp3) is 0.750. The molecule has 88 valence electrons. The summed E-state index contributed by atoms with van der Waals surface area (Å²) in [7, 11) is 0. The lowest BCUT2D eigenvalue weighted by atomic mass is 9.71. The summed E-state index contributed by atoms with van der Waals surface area (Å²) in [5.41, 5.74) is 0. The third-order valence-electron chi connectivity index (χ3n) is 3.25. The number of hydrogen-bond acceptors (Lipinski definition) is 3. The standard InChI is InChI=1S/C9H14O.C3H3NO2/c10-9-7-3-1-4-8(9)6-2-5-7;4-2-1-3(5)6/h7-8H,1-6H2;1H2,(H,5,6). The number of nitriles is 1. The maximum Gasteiger partial charge on any atom is 0.317 e. The van der Waals surface area contributed by atoms with Crippen molar-refractivity contribution in [2.75, 3.05) is 0 Å². The third kappa shape index (κ3) is 3.65. The van der Waals surface area contributed by atoms with E-state index in [0.29, 0.717) is 17.6 Å². The van der Waals surface area contributed by atoms with Gasteiger partial charge in [0.1, 0.15) is 12.2 Å². The van der Waals surface area contributed by atoms with Gasteiger partial charge in [0.25, 0.3) is 0 Å². The van der Waals surface area contributed by atoms with Crippen LogP contribution in [0.2, 0.25) is 0 Å². The van der Waals surface area contributed by atoms with Crippen LogP contribution in [0.3, 0.4) is 0 Å². The Labute approximate surface area is 95.3 Å². The van der Waals surface area contributed by atoms with E-state index in [9.17, 15) is 9.59 Å². The van der Waals surface area contributed by atoms with Crippen molar-refractivity contribution in [2.24, 2.45) is 11.8 Å². The number of nitrogens with zero attached hydrogens (tertiary/aromatic N) is 1. The van der Waals surface area contributed by atoms with Gasteiger partial charge in [-0.05, 0) is 25.7 Å². The van der Waals surface area contributed by atoms with Crippen LogP contribution in [0.1, 0.15) is 44.9 Å². The molecule has 2 aliphatic carbocycles. The highest BCUT2D eigenvalue weighted by Gasteiger charge is 2.33. The van der Waals surface area contributed by atoms with Crippen molar-refractivity contribution in [2.45, 2.75) is 44.9 Å². The minimum atomic E-state index is -1.07. The molecule has 2 bridgehead atoms. The topological polar surface area (TPSA) is 78.2 Å². The molecule has 0 amide bonds. The van der Waals surface area contributed by atoms with Gasteiger partial charge in [-0.2, -0.15) is 5.26 Å². The van der Waals surface area contributed by atoms with Gasteiger partial charge in [-0.15, -0.1) is 0 Å². The smallest absolute Gasteiger partial charge is 0.317 e. The van der Waals surface area contributed by atoms with E-state index < -0.39 is 12.4 Å². The van der Waals surface area contributed by atoms with Crippen LogP contribution in [-0.4, -0.2) is 16.9 Å². The van der Waals surface area contributed by atoms with Gasteiger partial charge in [0.05, 0.1) is 6.07 Å². The van der Waals surface area contributed by atoms with Crippen molar-refractivity contribution >= 4 is 11.8 Å². The van der Waals surface area contributed by atoms with Crippen molar-refractivity contribution in [1.29, 1.82) is 5.26 Å². The number of carboxylic acids is 1. The molecule has 0 unspecified atom stereocenters. The average Bonchev–Trinajstić information content (AvgIpc) is 2.17. The van der Waals surface area contributed by atoms with E-state index >= 15 is 0 Å². The SMILES string of the molecule is N#CCC(=O)O.O=C1C2CCCC1CCC2. The normalized spacial score (nSPS) is 27.3. The number of fused-ring (bicyclic) bond motifs is 2. The van der Waals surface area contributed by atoms with Gasteiger partial charge in [-0.3, -0.25) is 9.59 Å². The predicted molar refractivity (Wildman–Crippen MR) is 57.6 cm³/mol. The van der Waals surface area contributed by atoms with Crippen molar-refractivity contribution in [1.82, 2.24) is 0 Å². The molecule has 0 aromatic carbocycles. The minimum absolute atomic E-state index is 0.403. The van der Waals surface area contributed by atoms with Crippen molar-refractivity contribution < 1.29 is 14.7 Å². The van der Waals surface area contributed by atoms with E-state index in [1.807, 2.05) is 0 Å². The number of aliphatic carboxylic acids is 1. The van der Waals surface area contributed by atoms with Crippen molar-refractivity contribution in [3.63, 3.8) is 0 Å². The second-order valence-electron chi connectivity index (χ2n) is 4.39. The Hall–Kier alpha value is -1.37. The zero-order valence-corrected chi connectivity index (χ0v) is 9.32. The van der Waals surface area contributed by atoms with E-state index in [1.54, 1.807) is 0 Å². The monoisotopic (exact) mass is 223 g/mol. The molecule has 0 radical (unpaired) electrons. The number of ketones is 1. The quantitative estimate of drug-likeness (QED) is 0.738. The summed E-state index contributed by atoms with van der Waals surface area (Å²) in [5.74, 6) is 0.481. The highest BCUT2D eigenvalue weighted by Crippen LogP contribution is 2.36. The summed E-state index contributed by atoms with van der Waals surface area (Å²) in [4.78, 5) is 20.8. The number of rotatable bonds is 1. The zero-order chi connectivity index (χ0) is 12.0. The molecule has 0 aliphatic heterocycles. The molecule has 0 saturated heterocycles. The summed E-state index contributed by atoms with van der Waals surface area (Å²) in [6.07, 6.45) is 6.97. The summed E-state index contributed by atoms with van der Waals surface area (Å²) in [5, 5.41) is 15.3. The average molecular weight is 223 g/mol. The van der Waals surface area contributed by atoms with Crippen LogP contribution in [0.15, 0.2) is 0 Å². The lowest BCUT2D eigenvalue weighted by Crippen LogP contribution is -2.32. The molecule has 2 fully saturated rings. The Kier molecular flexibility index (Phi) is 4.97. The van der Waals surface area contributed by atoms with Gasteiger partial charge in [0.2, 0.25) is 0 Å². The second kappa shape index (κ2) is 6.26. The van der Waals surface area contributed by atoms with Crippen LogP contribution in [-0.2, 0) is 9.59 Å². The van der Waals surface area contributed by atoms with Crippen molar-refractivity contribution in [3.8, 4) is 6.07 Å². The van der Waals surface area contributed by atoms with Gasteiger partial charge < -0.3 is 5.11 Å². The highest BCUT2D eigenvalue weighted by atomic mass is 16.4. The fourth-order valence-corrected chi connectivity index (χ4v) is 2.48. The molecule has 2 aliphatic rings. The molecule has 0 spiro atoms. The summed E-state index contributed by atoms with van der Waals surface area (Å²) >= 11 is 0. The van der Waals surface area contributed by atoms with E-state index in [-0.39, 0.29) is 0 Å². The number of hydrogen-bond donors (Lipinski definition) is 1. The Morgan fingerprint density at radius 2 is 1.69 bits per heavy atom. The van der Waals surface area contributed by atoms with Crippen LogP contribution in [0.4, 0.5) is 0 Å². The number of carboxylic acid groups (broad SMARTS) is 1. The number of Topliss-reactive ketones (excluding diaryl/α,β-unsaturated/α-hetero) is 1. The van der Waals surface area contributed by atoms with Crippen LogP contribution in [0.5, 0.6) is 0 Å². The van der Waals surface area contributed by atoms with Gasteiger partial charge >= 0.3 is 5.97 Å². The van der Waals surface area contributed by atoms with Crippen LogP contribution < -0.4 is 0 Å². The largest absolute Gasteiger partial charge is 0.480 e. The van der Waals surface area contributed by atoms with Crippen LogP contribution >= 0.6 is 0 Å². The Bertz CT molecular complexity index is 282. The first-order valence-electron chi connectivity index (χ1n) is 5.77. The van der Waals surface area contributed by atoms with Gasteiger partial charge in [-0.25, -0.2) is 0 Å². The molecule has 4 nitrogen and oxygen atoms in total. The van der Waals surface area contributed by atoms with Crippen LogP contribution in [0, 0.1) is 23.2 Å². The predicted octanol–water partition coefficient (Wildman–Crippen LogP) is 2.14. The molecule has 1 N–H and O–H groups in total. The first-order valence-corrected chi connectivity index (χ1v) is 5.77. The van der Waals surface area contributed by atoms with Gasteiger partial charge in [0, 0.05) is 11.8 Å². The lowest BCUT2D eigenvalue weighted by molar-refractivity contribution is -0.136. The Morgan fingerprint density at radius 1 is 1.25 bits per heavy atom. The molecule has 0 atom stereocenters. The fourth-order valence-electron chi connectivity index (χ4n) is 2.48. The summed E-state index contributed by atoms with van der Waals surface area (Å²) in [6.45, 7) is 0. The third-order valence-corrected chi connectivity index (χ3v) is 3.25. The Balaban J connectivity index is 0.000000187. The lowest BCUT2D eigenvalue weighted by Gasteiger charge is -2.32. The van der Waals surface area contributed by atoms with E-state index in [2.05, 4.69) is 0 Å². The maximum atomic E-state index is 11.4. The minimum Gasteiger partial charge on any atom is -0.480 e. The van der Waals surface area contributed by atoms with Crippen LogP contribution in [0.25, 0.3) is 0 Å². The van der Waals surface area contributed by atoms with E-state index in [0.717, 1.165) is 0 Å². The maximum absolute atomic E-state index is 11.4. The molecular formula is C12H17NO3. The summed E-state index contributed by atoms with van der Waals surface area (Å²) in [6, 6.07) is 1.47. The molecule has 0 aromatic rings. The van der Waals surface area contributed by atoms with E-state index in [4.69, 9.17) is 10.4 Å². The molecule has 2 saturated carbocycles. The molecule has 4 heteroatoms. The highest BCUT2D eigenvalue weighted by molar-refractivity contribution is 5.84. The molecule has 0 heterocycles. The number of carbonyl (C=O) groups excluding carboxylic acids is 1. The Morgan fingerprint density at radius 3 is 1.88 bits per heavy atom. The number of carbonyl (C=O) groups is 2. The molecular weight excluding hydrogens is 206 g/mol.